The zero-order valence-electron chi connectivity index (χ0n) is 12.6. The Kier molecular flexibility index (Phi) is 4.91. The predicted octanol–water partition coefficient (Wildman–Crippen LogP) is 0.711. The molecule has 2 saturated heterocycles. The van der Waals surface area contributed by atoms with Gasteiger partial charge in [0.1, 0.15) is 5.54 Å². The Hall–Kier alpha value is -2.12. The second-order valence-electron chi connectivity index (χ2n) is 5.79. The lowest BCUT2D eigenvalue weighted by Crippen LogP contribution is -2.40. The molecule has 7 nitrogen and oxygen atoms in total. The summed E-state index contributed by atoms with van der Waals surface area (Å²) in [5.74, 6) is -0.470. The van der Waals surface area contributed by atoms with E-state index in [-0.39, 0.29) is 24.2 Å². The summed E-state index contributed by atoms with van der Waals surface area (Å²) in [6, 6.07) is 6.46. The number of carbonyl (C=O) groups is 3. The first-order chi connectivity index (χ1) is 10.5. The van der Waals surface area contributed by atoms with Crippen LogP contribution < -0.4 is 21.3 Å². The Morgan fingerprint density at radius 1 is 1.35 bits per heavy atom. The van der Waals surface area contributed by atoms with Crippen LogP contribution in [0.15, 0.2) is 24.3 Å². The Bertz CT molecular complexity index is 645. The Morgan fingerprint density at radius 3 is 2.74 bits per heavy atom. The lowest BCUT2D eigenvalue weighted by Gasteiger charge is -2.22. The highest BCUT2D eigenvalue weighted by atomic mass is 35.5. The van der Waals surface area contributed by atoms with Crippen LogP contribution in [-0.2, 0) is 15.1 Å². The second kappa shape index (κ2) is 6.55. The van der Waals surface area contributed by atoms with Crippen molar-refractivity contribution in [2.75, 3.05) is 18.4 Å². The largest absolute Gasteiger partial charge is 0.326 e. The van der Waals surface area contributed by atoms with Gasteiger partial charge in [0.2, 0.25) is 5.91 Å². The fourth-order valence-corrected chi connectivity index (χ4v) is 2.78. The molecule has 0 radical (unpaired) electrons. The first kappa shape index (κ1) is 17.2. The van der Waals surface area contributed by atoms with Crippen LogP contribution in [0, 0.1) is 5.92 Å². The third-order valence-electron chi connectivity index (χ3n) is 4.18. The quantitative estimate of drug-likeness (QED) is 0.610. The SMILES string of the molecule is CC1(c2cccc(NC(=O)C3CCNC3)c2)NC(=O)NC1=O.Cl. The molecule has 1 aromatic rings. The highest BCUT2D eigenvalue weighted by Crippen LogP contribution is 2.26. The van der Waals surface area contributed by atoms with Crippen LogP contribution in [0.5, 0.6) is 0 Å². The van der Waals surface area contributed by atoms with Crippen molar-refractivity contribution >= 4 is 35.9 Å². The molecule has 4 amide bonds. The van der Waals surface area contributed by atoms with Crippen molar-refractivity contribution in [3.63, 3.8) is 0 Å². The lowest BCUT2D eigenvalue weighted by atomic mass is 9.92. The van der Waals surface area contributed by atoms with Crippen molar-refractivity contribution in [2.24, 2.45) is 5.92 Å². The second-order valence-corrected chi connectivity index (χ2v) is 5.79. The van der Waals surface area contributed by atoms with E-state index < -0.39 is 17.5 Å². The lowest BCUT2D eigenvalue weighted by molar-refractivity contribution is -0.123. The van der Waals surface area contributed by atoms with E-state index in [2.05, 4.69) is 21.3 Å². The van der Waals surface area contributed by atoms with Gasteiger partial charge in [0.25, 0.3) is 5.91 Å². The highest BCUT2D eigenvalue weighted by Gasteiger charge is 2.43. The molecule has 2 aliphatic heterocycles. The standard InChI is InChI=1S/C15H18N4O3.ClH/c1-15(13(21)18-14(22)19-15)10-3-2-4-11(7-10)17-12(20)9-5-6-16-8-9;/h2-4,7,9,16H,5-6,8H2,1H3,(H,17,20)(H2,18,19,21,22);1H. The van der Waals surface area contributed by atoms with Crippen LogP contribution in [0.4, 0.5) is 10.5 Å². The molecule has 4 N–H and O–H groups in total. The van der Waals surface area contributed by atoms with Crippen molar-refractivity contribution in [2.45, 2.75) is 18.9 Å². The van der Waals surface area contributed by atoms with Gasteiger partial charge in [-0.3, -0.25) is 14.9 Å². The van der Waals surface area contributed by atoms with E-state index in [0.717, 1.165) is 13.0 Å². The van der Waals surface area contributed by atoms with Crippen LogP contribution in [-0.4, -0.2) is 30.9 Å². The number of imide groups is 1. The molecule has 2 heterocycles. The number of nitrogens with one attached hydrogen (secondary N) is 4. The summed E-state index contributed by atoms with van der Waals surface area (Å²) >= 11 is 0. The highest BCUT2D eigenvalue weighted by molar-refractivity contribution is 6.07. The van der Waals surface area contributed by atoms with Gasteiger partial charge in [-0.2, -0.15) is 0 Å². The van der Waals surface area contributed by atoms with Crippen molar-refractivity contribution in [1.29, 1.82) is 0 Å². The molecule has 8 heteroatoms. The zero-order chi connectivity index (χ0) is 15.7. The summed E-state index contributed by atoms with van der Waals surface area (Å²) in [7, 11) is 0. The summed E-state index contributed by atoms with van der Waals surface area (Å²) in [5, 5.41) is 10.9. The maximum Gasteiger partial charge on any atom is 0.322 e. The van der Waals surface area contributed by atoms with Crippen molar-refractivity contribution in [3.05, 3.63) is 29.8 Å². The number of benzene rings is 1. The van der Waals surface area contributed by atoms with Gasteiger partial charge < -0.3 is 16.0 Å². The number of hydrogen-bond donors (Lipinski definition) is 4. The summed E-state index contributed by atoms with van der Waals surface area (Å²) in [5.41, 5.74) is 0.120. The number of hydrogen-bond acceptors (Lipinski definition) is 4. The Balaban J connectivity index is 0.00000192. The molecule has 124 valence electrons. The molecular weight excluding hydrogens is 320 g/mol. The molecule has 2 unspecified atom stereocenters. The molecule has 0 aromatic heterocycles. The summed E-state index contributed by atoms with van der Waals surface area (Å²) < 4.78 is 0. The maximum atomic E-state index is 12.1. The minimum Gasteiger partial charge on any atom is -0.326 e. The Morgan fingerprint density at radius 2 is 2.13 bits per heavy atom. The molecule has 2 aliphatic rings. The first-order valence-corrected chi connectivity index (χ1v) is 7.25. The molecule has 0 aliphatic carbocycles. The minimum absolute atomic E-state index is 0. The van der Waals surface area contributed by atoms with Crippen molar-refractivity contribution < 1.29 is 14.4 Å². The normalized spacial score (nSPS) is 26.2. The molecule has 3 rings (SSSR count). The van der Waals surface area contributed by atoms with Gasteiger partial charge in [0.05, 0.1) is 5.92 Å². The molecule has 1 aromatic carbocycles. The van der Waals surface area contributed by atoms with Gasteiger partial charge in [-0.1, -0.05) is 12.1 Å². The van der Waals surface area contributed by atoms with Gasteiger partial charge in [-0.05, 0) is 37.6 Å². The number of rotatable bonds is 3. The molecule has 2 atom stereocenters. The van der Waals surface area contributed by atoms with E-state index in [1.54, 1.807) is 31.2 Å². The molecule has 0 bridgehead atoms. The molecule has 23 heavy (non-hydrogen) atoms. The van der Waals surface area contributed by atoms with E-state index in [9.17, 15) is 14.4 Å². The number of carbonyl (C=O) groups excluding carboxylic acids is 3. The molecule has 2 fully saturated rings. The summed E-state index contributed by atoms with van der Waals surface area (Å²) in [4.78, 5) is 35.5. The molecule has 0 saturated carbocycles. The van der Waals surface area contributed by atoms with Crippen molar-refractivity contribution in [3.8, 4) is 0 Å². The first-order valence-electron chi connectivity index (χ1n) is 7.25. The van der Waals surface area contributed by atoms with Gasteiger partial charge in [0, 0.05) is 12.2 Å². The van der Waals surface area contributed by atoms with Crippen LogP contribution in [0.2, 0.25) is 0 Å². The van der Waals surface area contributed by atoms with E-state index in [1.165, 1.54) is 0 Å². The van der Waals surface area contributed by atoms with Crippen LogP contribution in [0.25, 0.3) is 0 Å². The average Bonchev–Trinajstić information content (AvgIpc) is 3.09. The predicted molar refractivity (Wildman–Crippen MR) is 87.3 cm³/mol. The third kappa shape index (κ3) is 3.30. The topological polar surface area (TPSA) is 99.3 Å². The van der Waals surface area contributed by atoms with Crippen molar-refractivity contribution in [1.82, 2.24) is 16.0 Å². The van der Waals surface area contributed by atoms with Gasteiger partial charge in [-0.15, -0.1) is 12.4 Å². The summed E-state index contributed by atoms with van der Waals surface area (Å²) in [6.07, 6.45) is 0.821. The molecular formula is C15H19ClN4O3. The number of urea groups is 1. The van der Waals surface area contributed by atoms with Crippen LogP contribution >= 0.6 is 12.4 Å². The zero-order valence-corrected chi connectivity index (χ0v) is 13.5. The van der Waals surface area contributed by atoms with Gasteiger partial charge >= 0.3 is 6.03 Å². The monoisotopic (exact) mass is 338 g/mol. The van der Waals surface area contributed by atoms with E-state index in [4.69, 9.17) is 0 Å². The minimum atomic E-state index is -1.12. The fourth-order valence-electron chi connectivity index (χ4n) is 2.78. The number of halogens is 1. The average molecular weight is 339 g/mol. The van der Waals surface area contributed by atoms with Crippen LogP contribution in [0.3, 0.4) is 0 Å². The van der Waals surface area contributed by atoms with E-state index in [1.807, 2.05) is 0 Å². The van der Waals surface area contributed by atoms with E-state index >= 15 is 0 Å². The van der Waals surface area contributed by atoms with Gasteiger partial charge in [-0.25, -0.2) is 4.79 Å². The van der Waals surface area contributed by atoms with Gasteiger partial charge in [0.15, 0.2) is 0 Å². The fraction of sp³-hybridized carbons (Fsp3) is 0.400. The van der Waals surface area contributed by atoms with Crippen LogP contribution in [0.1, 0.15) is 18.9 Å². The Labute approximate surface area is 140 Å². The van der Waals surface area contributed by atoms with E-state index in [0.29, 0.717) is 17.8 Å². The summed E-state index contributed by atoms with van der Waals surface area (Å²) in [6.45, 7) is 3.17. The molecule has 0 spiro atoms. The number of anilines is 1. The third-order valence-corrected chi connectivity index (χ3v) is 4.18. The number of amides is 4. The smallest absolute Gasteiger partial charge is 0.322 e. The maximum absolute atomic E-state index is 12.1.